The van der Waals surface area contributed by atoms with E-state index in [1.807, 2.05) is 12.1 Å². The van der Waals surface area contributed by atoms with Crippen molar-refractivity contribution in [3.8, 4) is 0 Å². The molecule has 0 spiro atoms. The van der Waals surface area contributed by atoms with Crippen molar-refractivity contribution in [2.75, 3.05) is 0 Å². The number of halogens is 2. The van der Waals surface area contributed by atoms with Gasteiger partial charge in [0, 0.05) is 17.1 Å². The lowest BCUT2D eigenvalue weighted by Crippen LogP contribution is -2.13. The Kier molecular flexibility index (Phi) is 2.71. The molecule has 0 saturated carbocycles. The van der Waals surface area contributed by atoms with Gasteiger partial charge in [-0.15, -0.1) is 23.2 Å². The molecule has 0 N–H and O–H groups in total. The fourth-order valence-electron chi connectivity index (χ4n) is 0.727. The summed E-state index contributed by atoms with van der Waals surface area (Å²) in [5.74, 6) is 0. The Balaban J connectivity index is 3.03. The zero-order chi connectivity index (χ0) is 7.56. The minimum absolute atomic E-state index is 0.429. The van der Waals surface area contributed by atoms with Crippen molar-refractivity contribution in [2.45, 2.75) is 4.84 Å². The molecule has 0 aliphatic rings. The number of hydrogen-bond donors (Lipinski definition) is 0. The Hall–Kier alpha value is -0.0531. The van der Waals surface area contributed by atoms with Crippen molar-refractivity contribution in [3.63, 3.8) is 0 Å². The van der Waals surface area contributed by atoms with Crippen molar-refractivity contribution in [3.05, 3.63) is 23.9 Å². The van der Waals surface area contributed by atoms with E-state index in [0.717, 1.165) is 21.1 Å². The molecule has 1 nitrogen and oxygen atoms in total. The molecule has 0 saturated heterocycles. The van der Waals surface area contributed by atoms with Gasteiger partial charge in [0.1, 0.15) is 4.84 Å². The maximum Gasteiger partial charge on any atom is 0.134 e. The van der Waals surface area contributed by atoms with Gasteiger partial charge in [0.2, 0.25) is 0 Å². The molecule has 1 rings (SSSR count). The first kappa shape index (κ1) is 8.05. The van der Waals surface area contributed by atoms with E-state index in [9.17, 15) is 0 Å². The highest BCUT2D eigenvalue weighted by Crippen LogP contribution is 2.21. The number of alkyl halides is 2. The van der Waals surface area contributed by atoms with Gasteiger partial charge in [0.25, 0.3) is 0 Å². The Labute approximate surface area is 72.8 Å². The average Bonchev–Trinajstić information content (AvgIpc) is 1.88. The predicted molar refractivity (Wildman–Crippen MR) is 48.3 cm³/mol. The van der Waals surface area contributed by atoms with Crippen molar-refractivity contribution in [2.24, 2.45) is 0 Å². The van der Waals surface area contributed by atoms with Gasteiger partial charge in [0.15, 0.2) is 0 Å². The van der Waals surface area contributed by atoms with Gasteiger partial charge in [-0.3, -0.25) is 4.98 Å². The summed E-state index contributed by atoms with van der Waals surface area (Å²) in [7, 11) is 0.893. The Morgan fingerprint density at radius 2 is 2.20 bits per heavy atom. The van der Waals surface area contributed by atoms with Crippen LogP contribution in [0.3, 0.4) is 0 Å². The maximum atomic E-state index is 5.66. The summed E-state index contributed by atoms with van der Waals surface area (Å²) in [6.45, 7) is 0. The van der Waals surface area contributed by atoms with Gasteiger partial charge in [-0.05, 0) is 6.07 Å². The first-order chi connectivity index (χ1) is 4.72. The highest BCUT2D eigenvalue weighted by molar-refractivity contribution is 6.46. The molecule has 0 atom stereocenters. The normalized spacial score (nSPS) is 10.7. The van der Waals surface area contributed by atoms with Crippen LogP contribution in [0.4, 0.5) is 0 Å². The van der Waals surface area contributed by atoms with E-state index in [2.05, 4.69) is 4.98 Å². The quantitative estimate of drug-likeness (QED) is 0.467. The van der Waals surface area contributed by atoms with E-state index in [1.54, 1.807) is 6.20 Å². The van der Waals surface area contributed by atoms with E-state index in [1.165, 1.54) is 0 Å². The number of hydrogen-bond acceptors (Lipinski definition) is 1. The lowest BCUT2D eigenvalue weighted by atomic mass is 10.3. The Morgan fingerprint density at radius 1 is 1.50 bits per heavy atom. The molecule has 10 heavy (non-hydrogen) atoms. The standard InChI is InChI=1S/C6H7Cl2NSi/c7-5(8)4-2-1-3-9-6(4)10/h1-3,5H,10H3. The van der Waals surface area contributed by atoms with Crippen LogP contribution in [-0.2, 0) is 0 Å². The number of rotatable bonds is 1. The topological polar surface area (TPSA) is 12.9 Å². The maximum absolute atomic E-state index is 5.66. The van der Waals surface area contributed by atoms with Crippen LogP contribution in [0.25, 0.3) is 0 Å². The second-order valence-corrected chi connectivity index (χ2v) is 4.02. The predicted octanol–water partition coefficient (Wildman–Crippen LogP) is 0.548. The largest absolute Gasteiger partial charge is 0.267 e. The van der Waals surface area contributed by atoms with Crippen LogP contribution in [0.2, 0.25) is 0 Å². The lowest BCUT2D eigenvalue weighted by molar-refractivity contribution is 1.28. The van der Waals surface area contributed by atoms with E-state index in [-0.39, 0.29) is 0 Å². The fourth-order valence-corrected chi connectivity index (χ4v) is 2.16. The SMILES string of the molecule is [SiH3]c1ncccc1C(Cl)Cl. The number of nitrogens with zero attached hydrogens (tertiary/aromatic N) is 1. The third-order valence-electron chi connectivity index (χ3n) is 1.28. The molecule has 0 bridgehead atoms. The van der Waals surface area contributed by atoms with Gasteiger partial charge < -0.3 is 0 Å². The van der Waals surface area contributed by atoms with Crippen LogP contribution in [-0.4, -0.2) is 15.2 Å². The third-order valence-corrected chi connectivity index (χ3v) is 2.59. The molecular weight excluding hydrogens is 185 g/mol. The van der Waals surface area contributed by atoms with Crippen LogP contribution >= 0.6 is 23.2 Å². The van der Waals surface area contributed by atoms with Crippen LogP contribution in [0.5, 0.6) is 0 Å². The molecular formula is C6H7Cl2NSi. The summed E-state index contributed by atoms with van der Waals surface area (Å²) >= 11 is 11.3. The van der Waals surface area contributed by atoms with Crippen LogP contribution in [0, 0.1) is 0 Å². The molecule has 0 amide bonds. The van der Waals surface area contributed by atoms with E-state index < -0.39 is 4.84 Å². The van der Waals surface area contributed by atoms with Gasteiger partial charge in [0.05, 0.1) is 10.2 Å². The summed E-state index contributed by atoms with van der Waals surface area (Å²) < 4.78 is 0. The average molecular weight is 192 g/mol. The lowest BCUT2D eigenvalue weighted by Gasteiger charge is -2.02. The third kappa shape index (κ3) is 1.72. The fraction of sp³-hybridized carbons (Fsp3) is 0.167. The molecule has 0 aromatic carbocycles. The molecule has 1 aromatic heterocycles. The zero-order valence-corrected chi connectivity index (χ0v) is 9.02. The number of aromatic nitrogens is 1. The molecule has 0 aliphatic heterocycles. The Bertz CT molecular complexity index is 227. The Morgan fingerprint density at radius 3 is 2.60 bits per heavy atom. The summed E-state index contributed by atoms with van der Waals surface area (Å²) in [4.78, 5) is 3.66. The molecule has 54 valence electrons. The van der Waals surface area contributed by atoms with Crippen molar-refractivity contribution >= 4 is 38.8 Å². The number of pyridine rings is 1. The highest BCUT2D eigenvalue weighted by Gasteiger charge is 2.04. The second kappa shape index (κ2) is 3.37. The second-order valence-electron chi connectivity index (χ2n) is 1.98. The van der Waals surface area contributed by atoms with Gasteiger partial charge in [-0.2, -0.15) is 0 Å². The summed E-state index contributed by atoms with van der Waals surface area (Å²) in [6, 6.07) is 3.74. The van der Waals surface area contributed by atoms with Gasteiger partial charge in [-0.1, -0.05) is 6.07 Å². The highest BCUT2D eigenvalue weighted by atomic mass is 35.5. The minimum Gasteiger partial charge on any atom is -0.267 e. The molecule has 0 fully saturated rings. The molecule has 1 aromatic rings. The summed E-state index contributed by atoms with van der Waals surface area (Å²) in [5, 5.41) is 1.03. The molecule has 0 radical (unpaired) electrons. The minimum atomic E-state index is -0.429. The summed E-state index contributed by atoms with van der Waals surface area (Å²) in [6.07, 6.45) is 1.75. The van der Waals surface area contributed by atoms with E-state index >= 15 is 0 Å². The summed E-state index contributed by atoms with van der Waals surface area (Å²) in [5.41, 5.74) is 0.942. The molecule has 1 heterocycles. The first-order valence-corrected chi connectivity index (χ1v) is 4.79. The molecule has 4 heteroatoms. The van der Waals surface area contributed by atoms with Crippen molar-refractivity contribution in [1.82, 2.24) is 4.98 Å². The van der Waals surface area contributed by atoms with Gasteiger partial charge >= 0.3 is 0 Å². The van der Waals surface area contributed by atoms with Crippen molar-refractivity contribution < 1.29 is 0 Å². The van der Waals surface area contributed by atoms with Crippen LogP contribution in [0.15, 0.2) is 18.3 Å². The molecule has 0 unspecified atom stereocenters. The van der Waals surface area contributed by atoms with Gasteiger partial charge in [-0.25, -0.2) is 0 Å². The molecule has 0 aliphatic carbocycles. The van der Waals surface area contributed by atoms with Crippen LogP contribution in [0.1, 0.15) is 10.4 Å². The van der Waals surface area contributed by atoms with E-state index in [4.69, 9.17) is 23.2 Å². The first-order valence-electron chi connectivity index (χ1n) is 2.91. The smallest absolute Gasteiger partial charge is 0.134 e. The monoisotopic (exact) mass is 191 g/mol. The van der Waals surface area contributed by atoms with Crippen molar-refractivity contribution in [1.29, 1.82) is 0 Å². The van der Waals surface area contributed by atoms with E-state index in [0.29, 0.717) is 0 Å². The zero-order valence-electron chi connectivity index (χ0n) is 5.51. The van der Waals surface area contributed by atoms with Crippen LogP contribution < -0.4 is 5.32 Å².